The molecule has 0 saturated carbocycles. The molecule has 0 aliphatic heterocycles. The maximum atomic E-state index is 12.5. The van der Waals surface area contributed by atoms with E-state index in [0.29, 0.717) is 29.0 Å². The number of carbonyl (C=O) groups is 3. The van der Waals surface area contributed by atoms with Crippen molar-refractivity contribution in [1.29, 1.82) is 0 Å². The Balaban J connectivity index is 2.01. The monoisotopic (exact) mass is 358 g/mol. The Hall–Kier alpha value is -2.67. The molecule has 7 heteroatoms. The van der Waals surface area contributed by atoms with Gasteiger partial charge in [0.1, 0.15) is 5.00 Å². The molecule has 2 aromatic rings. The third-order valence-electron chi connectivity index (χ3n) is 4.32. The fourth-order valence-corrected chi connectivity index (χ4v) is 4.50. The Bertz CT molecular complexity index is 872. The zero-order valence-corrected chi connectivity index (χ0v) is 14.5. The van der Waals surface area contributed by atoms with Gasteiger partial charge in [0, 0.05) is 10.4 Å². The number of hydrogen-bond acceptors (Lipinski definition) is 4. The molecule has 25 heavy (non-hydrogen) atoms. The lowest BCUT2D eigenvalue weighted by Crippen LogP contribution is -2.23. The molecule has 1 atom stereocenters. The normalized spacial score (nSPS) is 16.1. The van der Waals surface area contributed by atoms with Crippen molar-refractivity contribution in [3.63, 3.8) is 0 Å². The first kappa shape index (κ1) is 17.2. The number of primary amides is 1. The first-order valence-electron chi connectivity index (χ1n) is 7.94. The van der Waals surface area contributed by atoms with Crippen LogP contribution in [0.15, 0.2) is 24.3 Å². The van der Waals surface area contributed by atoms with Crippen LogP contribution in [0, 0.1) is 6.92 Å². The van der Waals surface area contributed by atoms with Gasteiger partial charge < -0.3 is 16.2 Å². The Kier molecular flexibility index (Phi) is 4.59. The number of benzene rings is 1. The number of carbonyl (C=O) groups excluding carboxylic acids is 2. The average Bonchev–Trinajstić information content (AvgIpc) is 2.92. The lowest BCUT2D eigenvalue weighted by atomic mass is 9.85. The van der Waals surface area contributed by atoms with Crippen LogP contribution in [0.3, 0.4) is 0 Å². The van der Waals surface area contributed by atoms with E-state index in [-0.39, 0.29) is 11.5 Å². The predicted molar refractivity (Wildman–Crippen MR) is 95.3 cm³/mol. The Morgan fingerprint density at radius 2 is 2.08 bits per heavy atom. The third kappa shape index (κ3) is 3.28. The minimum atomic E-state index is -0.974. The van der Waals surface area contributed by atoms with Gasteiger partial charge >= 0.3 is 5.97 Å². The van der Waals surface area contributed by atoms with E-state index in [9.17, 15) is 19.5 Å². The van der Waals surface area contributed by atoms with Crippen molar-refractivity contribution in [2.75, 3.05) is 5.32 Å². The van der Waals surface area contributed by atoms with E-state index in [1.54, 1.807) is 18.2 Å². The van der Waals surface area contributed by atoms with Crippen LogP contribution in [0.25, 0.3) is 0 Å². The Morgan fingerprint density at radius 3 is 2.72 bits per heavy atom. The number of aryl methyl sites for hydroxylation is 2. The molecule has 6 nitrogen and oxygen atoms in total. The molecule has 0 spiro atoms. The predicted octanol–water partition coefficient (Wildman–Crippen LogP) is 2.91. The summed E-state index contributed by atoms with van der Waals surface area (Å²) in [4.78, 5) is 36.8. The van der Waals surface area contributed by atoms with Gasteiger partial charge in [-0.3, -0.25) is 14.4 Å². The number of amides is 2. The second-order valence-corrected chi connectivity index (χ2v) is 7.22. The number of hydrogen-bond donors (Lipinski definition) is 3. The molecule has 130 valence electrons. The summed E-state index contributed by atoms with van der Waals surface area (Å²) in [5.74, 6) is -2.80. The van der Waals surface area contributed by atoms with Crippen LogP contribution in [0.4, 0.5) is 5.00 Å². The minimum Gasteiger partial charge on any atom is -0.481 e. The number of rotatable bonds is 4. The van der Waals surface area contributed by atoms with Gasteiger partial charge in [-0.1, -0.05) is 17.7 Å². The zero-order chi connectivity index (χ0) is 18.1. The molecule has 1 aromatic carbocycles. The highest BCUT2D eigenvalue weighted by molar-refractivity contribution is 7.17. The Morgan fingerprint density at radius 1 is 1.32 bits per heavy atom. The molecular weight excluding hydrogens is 340 g/mol. The average molecular weight is 358 g/mol. The minimum absolute atomic E-state index is 0.133. The summed E-state index contributed by atoms with van der Waals surface area (Å²) in [6.45, 7) is 1.88. The Labute approximate surface area is 148 Å². The SMILES string of the molecule is Cc1cccc(C(=O)Nc2sc3c(c2C(N)=O)C(C(=O)O)CCC3)c1. The van der Waals surface area contributed by atoms with Gasteiger partial charge in [0.25, 0.3) is 11.8 Å². The highest BCUT2D eigenvalue weighted by Gasteiger charge is 2.34. The maximum absolute atomic E-state index is 12.5. The van der Waals surface area contributed by atoms with Crippen LogP contribution < -0.4 is 11.1 Å². The molecule has 3 rings (SSSR count). The van der Waals surface area contributed by atoms with Crippen LogP contribution >= 0.6 is 11.3 Å². The van der Waals surface area contributed by atoms with Crippen LogP contribution in [0.5, 0.6) is 0 Å². The maximum Gasteiger partial charge on any atom is 0.311 e. The van der Waals surface area contributed by atoms with Crippen molar-refractivity contribution >= 4 is 34.1 Å². The first-order valence-corrected chi connectivity index (χ1v) is 8.76. The molecule has 1 aliphatic carbocycles. The zero-order valence-electron chi connectivity index (χ0n) is 13.7. The largest absolute Gasteiger partial charge is 0.481 e. The second kappa shape index (κ2) is 6.68. The number of carboxylic acids is 1. The number of carboxylic acid groups (broad SMARTS) is 1. The molecule has 0 bridgehead atoms. The summed E-state index contributed by atoms with van der Waals surface area (Å²) in [5.41, 5.74) is 7.52. The van der Waals surface area contributed by atoms with Gasteiger partial charge in [0.2, 0.25) is 0 Å². The van der Waals surface area contributed by atoms with Crippen LogP contribution in [-0.4, -0.2) is 22.9 Å². The molecule has 2 amide bonds. The van der Waals surface area contributed by atoms with Crippen LogP contribution in [0.1, 0.15) is 55.5 Å². The molecule has 4 N–H and O–H groups in total. The van der Waals surface area contributed by atoms with E-state index < -0.39 is 17.8 Å². The fourth-order valence-electron chi connectivity index (χ4n) is 3.20. The lowest BCUT2D eigenvalue weighted by molar-refractivity contribution is -0.139. The number of fused-ring (bicyclic) bond motifs is 1. The molecule has 1 aromatic heterocycles. The molecular formula is C18H18N2O4S. The first-order chi connectivity index (χ1) is 11.9. The highest BCUT2D eigenvalue weighted by Crippen LogP contribution is 2.43. The number of nitrogens with one attached hydrogen (secondary N) is 1. The summed E-state index contributed by atoms with van der Waals surface area (Å²) < 4.78 is 0. The lowest BCUT2D eigenvalue weighted by Gasteiger charge is -2.19. The summed E-state index contributed by atoms with van der Waals surface area (Å²) in [6.07, 6.45) is 1.88. The van der Waals surface area contributed by atoms with E-state index in [4.69, 9.17) is 5.73 Å². The van der Waals surface area contributed by atoms with Gasteiger partial charge in [-0.2, -0.15) is 0 Å². The van der Waals surface area contributed by atoms with Crippen LogP contribution in [-0.2, 0) is 11.2 Å². The van der Waals surface area contributed by atoms with Crippen molar-refractivity contribution < 1.29 is 19.5 Å². The fraction of sp³-hybridized carbons (Fsp3) is 0.278. The number of nitrogens with two attached hydrogens (primary N) is 1. The van der Waals surface area contributed by atoms with Crippen molar-refractivity contribution in [3.8, 4) is 0 Å². The molecule has 0 saturated heterocycles. The third-order valence-corrected chi connectivity index (χ3v) is 5.50. The van der Waals surface area contributed by atoms with Gasteiger partial charge in [0.15, 0.2) is 0 Å². The van der Waals surface area contributed by atoms with Gasteiger partial charge in [-0.05, 0) is 43.9 Å². The number of anilines is 1. The van der Waals surface area contributed by atoms with Gasteiger partial charge in [0.05, 0.1) is 11.5 Å². The molecule has 1 unspecified atom stereocenters. The summed E-state index contributed by atoms with van der Waals surface area (Å²) in [5, 5.41) is 12.5. The van der Waals surface area contributed by atoms with Crippen LogP contribution in [0.2, 0.25) is 0 Å². The van der Waals surface area contributed by atoms with Gasteiger partial charge in [-0.25, -0.2) is 0 Å². The van der Waals surface area contributed by atoms with E-state index >= 15 is 0 Å². The molecule has 0 radical (unpaired) electrons. The molecule has 0 fully saturated rings. The quantitative estimate of drug-likeness (QED) is 0.780. The summed E-state index contributed by atoms with van der Waals surface area (Å²) >= 11 is 1.24. The van der Waals surface area contributed by atoms with Gasteiger partial charge in [-0.15, -0.1) is 11.3 Å². The molecule has 1 heterocycles. The van der Waals surface area contributed by atoms with Crippen molar-refractivity contribution in [2.45, 2.75) is 32.1 Å². The van der Waals surface area contributed by atoms with Crippen molar-refractivity contribution in [2.24, 2.45) is 5.73 Å². The second-order valence-electron chi connectivity index (χ2n) is 6.11. The summed E-state index contributed by atoms with van der Waals surface area (Å²) in [7, 11) is 0. The van der Waals surface area contributed by atoms with E-state index in [0.717, 1.165) is 16.9 Å². The van der Waals surface area contributed by atoms with E-state index in [1.165, 1.54) is 11.3 Å². The number of aliphatic carboxylic acids is 1. The molecule has 1 aliphatic rings. The highest BCUT2D eigenvalue weighted by atomic mass is 32.1. The topological polar surface area (TPSA) is 109 Å². The van der Waals surface area contributed by atoms with E-state index in [2.05, 4.69) is 5.32 Å². The van der Waals surface area contributed by atoms with Crippen molar-refractivity contribution in [3.05, 3.63) is 51.4 Å². The van der Waals surface area contributed by atoms with Crippen molar-refractivity contribution in [1.82, 2.24) is 0 Å². The smallest absolute Gasteiger partial charge is 0.311 e. The van der Waals surface area contributed by atoms with E-state index in [1.807, 2.05) is 13.0 Å². The standard InChI is InChI=1S/C18H18N2O4S/c1-9-4-2-5-10(8-9)16(22)20-17-14(15(19)21)13-11(18(23)24)6-3-7-12(13)25-17/h2,4-5,8,11H,3,6-7H2,1H3,(H2,19,21)(H,20,22)(H,23,24). The summed E-state index contributed by atoms with van der Waals surface area (Å²) in [6, 6.07) is 7.08. The number of thiophene rings is 1.